The van der Waals surface area contributed by atoms with Crippen molar-refractivity contribution in [2.75, 3.05) is 11.9 Å². The topological polar surface area (TPSA) is 83.1 Å². The smallest absolute Gasteiger partial charge is 0.315 e. The minimum absolute atomic E-state index is 0.102. The first-order valence-electron chi connectivity index (χ1n) is 9.50. The van der Waals surface area contributed by atoms with Crippen molar-refractivity contribution in [3.05, 3.63) is 81.8 Å². The van der Waals surface area contributed by atoms with Gasteiger partial charge in [-0.15, -0.1) is 11.3 Å². The monoisotopic (exact) mass is 408 g/mol. The number of amides is 3. The zero-order chi connectivity index (χ0) is 20.5. The molecule has 0 aliphatic carbocycles. The van der Waals surface area contributed by atoms with Crippen molar-refractivity contribution in [1.82, 2.24) is 15.6 Å². The lowest BCUT2D eigenvalue weighted by Crippen LogP contribution is -2.34. The molecule has 1 heterocycles. The Hall–Kier alpha value is -3.19. The maximum atomic E-state index is 12.3. The van der Waals surface area contributed by atoms with Crippen molar-refractivity contribution in [3.63, 3.8) is 0 Å². The molecule has 2 aromatic carbocycles. The van der Waals surface area contributed by atoms with Gasteiger partial charge in [-0.25, -0.2) is 9.78 Å². The van der Waals surface area contributed by atoms with Crippen LogP contribution in [0.25, 0.3) is 0 Å². The molecule has 0 bridgehead atoms. The highest BCUT2D eigenvalue weighted by Crippen LogP contribution is 2.16. The van der Waals surface area contributed by atoms with Gasteiger partial charge < -0.3 is 16.0 Å². The molecule has 3 aromatic rings. The van der Waals surface area contributed by atoms with Crippen LogP contribution in [0.2, 0.25) is 0 Å². The number of carbonyl (C=O) groups excluding carboxylic acids is 2. The molecule has 7 heteroatoms. The van der Waals surface area contributed by atoms with Crippen LogP contribution in [0, 0.1) is 0 Å². The van der Waals surface area contributed by atoms with Crippen molar-refractivity contribution in [3.8, 4) is 0 Å². The normalized spacial score (nSPS) is 10.4. The lowest BCUT2D eigenvalue weighted by atomic mass is 10.2. The van der Waals surface area contributed by atoms with Gasteiger partial charge in [0.2, 0.25) is 5.91 Å². The highest BCUT2D eigenvalue weighted by molar-refractivity contribution is 7.09. The number of nitrogens with zero attached hydrogens (tertiary/aromatic N) is 1. The van der Waals surface area contributed by atoms with E-state index in [1.165, 1.54) is 5.56 Å². The SMILES string of the molecule is CCNC(=O)NCc1ccc(NC(=O)Cc2csc(Cc3ccccc3)n2)cc1. The van der Waals surface area contributed by atoms with Gasteiger partial charge in [0.1, 0.15) is 0 Å². The second-order valence-electron chi connectivity index (χ2n) is 6.53. The predicted molar refractivity (Wildman–Crippen MR) is 116 cm³/mol. The summed E-state index contributed by atoms with van der Waals surface area (Å²) in [6.07, 6.45) is 1.02. The summed E-state index contributed by atoms with van der Waals surface area (Å²) >= 11 is 1.58. The Labute approximate surface area is 174 Å². The average Bonchev–Trinajstić information content (AvgIpc) is 3.15. The molecule has 0 unspecified atom stereocenters. The molecule has 0 fully saturated rings. The molecular weight excluding hydrogens is 384 g/mol. The lowest BCUT2D eigenvalue weighted by molar-refractivity contribution is -0.115. The molecule has 0 aliphatic rings. The molecular formula is C22H24N4O2S. The zero-order valence-corrected chi connectivity index (χ0v) is 17.1. The van der Waals surface area contributed by atoms with E-state index in [1.807, 2.05) is 54.8 Å². The van der Waals surface area contributed by atoms with E-state index in [1.54, 1.807) is 11.3 Å². The Kier molecular flexibility index (Phi) is 7.35. The summed E-state index contributed by atoms with van der Waals surface area (Å²) in [5.74, 6) is -0.102. The zero-order valence-electron chi connectivity index (χ0n) is 16.3. The van der Waals surface area contributed by atoms with Crippen LogP contribution in [-0.2, 0) is 24.2 Å². The number of hydrogen-bond acceptors (Lipinski definition) is 4. The number of carbonyl (C=O) groups is 2. The van der Waals surface area contributed by atoms with Gasteiger partial charge in [-0.2, -0.15) is 0 Å². The Morgan fingerprint density at radius 3 is 2.45 bits per heavy atom. The fraction of sp³-hybridized carbons (Fsp3) is 0.227. The van der Waals surface area contributed by atoms with Crippen LogP contribution >= 0.6 is 11.3 Å². The number of urea groups is 1. The van der Waals surface area contributed by atoms with E-state index in [-0.39, 0.29) is 18.4 Å². The second-order valence-corrected chi connectivity index (χ2v) is 7.47. The molecule has 0 saturated carbocycles. The van der Waals surface area contributed by atoms with Crippen molar-refractivity contribution >= 4 is 29.0 Å². The second kappa shape index (κ2) is 10.4. The van der Waals surface area contributed by atoms with Crippen LogP contribution in [0.1, 0.15) is 28.8 Å². The summed E-state index contributed by atoms with van der Waals surface area (Å²) in [5.41, 5.74) is 3.66. The number of aromatic nitrogens is 1. The van der Waals surface area contributed by atoms with Crippen LogP contribution in [0.4, 0.5) is 10.5 Å². The van der Waals surface area contributed by atoms with Crippen LogP contribution in [-0.4, -0.2) is 23.5 Å². The molecule has 3 rings (SSSR count). The first-order valence-corrected chi connectivity index (χ1v) is 10.4. The molecule has 3 N–H and O–H groups in total. The fourth-order valence-corrected chi connectivity index (χ4v) is 3.59. The Bertz CT molecular complexity index is 939. The number of benzene rings is 2. The van der Waals surface area contributed by atoms with E-state index in [0.717, 1.165) is 28.4 Å². The van der Waals surface area contributed by atoms with Gasteiger partial charge in [0, 0.05) is 30.6 Å². The molecule has 1 aromatic heterocycles. The van der Waals surface area contributed by atoms with E-state index in [2.05, 4.69) is 33.1 Å². The predicted octanol–water partition coefficient (Wildman–Crippen LogP) is 3.73. The third-order valence-electron chi connectivity index (χ3n) is 4.17. The number of hydrogen-bond donors (Lipinski definition) is 3. The summed E-state index contributed by atoms with van der Waals surface area (Å²) in [5, 5.41) is 11.3. The third kappa shape index (κ3) is 6.73. The van der Waals surface area contributed by atoms with Crippen LogP contribution in [0.5, 0.6) is 0 Å². The van der Waals surface area contributed by atoms with Gasteiger partial charge in [-0.05, 0) is 30.2 Å². The Morgan fingerprint density at radius 2 is 1.72 bits per heavy atom. The minimum atomic E-state index is -0.195. The van der Waals surface area contributed by atoms with Crippen molar-refractivity contribution in [1.29, 1.82) is 0 Å². The van der Waals surface area contributed by atoms with Crippen LogP contribution in [0.15, 0.2) is 60.0 Å². The minimum Gasteiger partial charge on any atom is -0.338 e. The van der Waals surface area contributed by atoms with Crippen LogP contribution < -0.4 is 16.0 Å². The highest BCUT2D eigenvalue weighted by atomic mass is 32.1. The molecule has 3 amide bonds. The van der Waals surface area contributed by atoms with E-state index in [0.29, 0.717) is 13.1 Å². The van der Waals surface area contributed by atoms with Gasteiger partial charge in [-0.1, -0.05) is 42.5 Å². The quantitative estimate of drug-likeness (QED) is 0.531. The molecule has 0 radical (unpaired) electrons. The van der Waals surface area contributed by atoms with Crippen molar-refractivity contribution in [2.24, 2.45) is 0 Å². The summed E-state index contributed by atoms with van der Waals surface area (Å²) in [4.78, 5) is 28.3. The van der Waals surface area contributed by atoms with Gasteiger partial charge in [0.05, 0.1) is 17.1 Å². The number of nitrogens with one attached hydrogen (secondary N) is 3. The molecule has 29 heavy (non-hydrogen) atoms. The standard InChI is InChI=1S/C22H24N4O2S/c1-2-23-22(28)24-14-17-8-10-18(11-9-17)25-20(27)13-19-15-29-21(26-19)12-16-6-4-3-5-7-16/h3-11,15H,2,12-14H2,1H3,(H,25,27)(H2,23,24,28). The van der Waals surface area contributed by atoms with E-state index < -0.39 is 0 Å². The maximum absolute atomic E-state index is 12.3. The van der Waals surface area contributed by atoms with E-state index in [9.17, 15) is 9.59 Å². The number of anilines is 1. The van der Waals surface area contributed by atoms with E-state index >= 15 is 0 Å². The summed E-state index contributed by atoms with van der Waals surface area (Å²) < 4.78 is 0. The molecule has 0 saturated heterocycles. The van der Waals surface area contributed by atoms with E-state index in [4.69, 9.17) is 0 Å². The number of rotatable bonds is 8. The highest BCUT2D eigenvalue weighted by Gasteiger charge is 2.09. The van der Waals surface area contributed by atoms with Gasteiger partial charge >= 0.3 is 6.03 Å². The average molecular weight is 409 g/mol. The first kappa shape index (κ1) is 20.5. The molecule has 150 valence electrons. The maximum Gasteiger partial charge on any atom is 0.315 e. The largest absolute Gasteiger partial charge is 0.338 e. The van der Waals surface area contributed by atoms with Gasteiger partial charge in [0.15, 0.2) is 0 Å². The summed E-state index contributed by atoms with van der Waals surface area (Å²) in [7, 11) is 0. The Morgan fingerprint density at radius 1 is 0.966 bits per heavy atom. The summed E-state index contributed by atoms with van der Waals surface area (Å²) in [6, 6.07) is 17.4. The lowest BCUT2D eigenvalue weighted by Gasteiger charge is -2.08. The molecule has 6 nitrogen and oxygen atoms in total. The fourth-order valence-electron chi connectivity index (χ4n) is 2.76. The first-order chi connectivity index (χ1) is 14.1. The van der Waals surface area contributed by atoms with Crippen LogP contribution in [0.3, 0.4) is 0 Å². The van der Waals surface area contributed by atoms with Crippen molar-refractivity contribution < 1.29 is 9.59 Å². The Balaban J connectivity index is 1.47. The van der Waals surface area contributed by atoms with Gasteiger partial charge in [0.25, 0.3) is 0 Å². The number of thiazole rings is 1. The van der Waals surface area contributed by atoms with Gasteiger partial charge in [-0.3, -0.25) is 4.79 Å². The molecule has 0 spiro atoms. The molecule has 0 atom stereocenters. The third-order valence-corrected chi connectivity index (χ3v) is 5.06. The summed E-state index contributed by atoms with van der Waals surface area (Å²) in [6.45, 7) is 2.89. The van der Waals surface area contributed by atoms with Crippen molar-refractivity contribution in [2.45, 2.75) is 26.3 Å². The molecule has 0 aliphatic heterocycles.